The van der Waals surface area contributed by atoms with Gasteiger partial charge in [0.05, 0.1) is 11.5 Å². The second-order valence-electron chi connectivity index (χ2n) is 9.43. The molecule has 7 heteroatoms. The summed E-state index contributed by atoms with van der Waals surface area (Å²) >= 11 is 0. The third-order valence-corrected chi connectivity index (χ3v) is 5.74. The van der Waals surface area contributed by atoms with Gasteiger partial charge in [0.2, 0.25) is 11.8 Å². The van der Waals surface area contributed by atoms with Crippen LogP contribution in [-0.4, -0.2) is 35.6 Å². The van der Waals surface area contributed by atoms with E-state index >= 15 is 0 Å². The van der Waals surface area contributed by atoms with Gasteiger partial charge in [-0.05, 0) is 45.2 Å². The molecule has 2 aliphatic rings. The van der Waals surface area contributed by atoms with Gasteiger partial charge in [0.15, 0.2) is 0 Å². The molecule has 0 bridgehead atoms. The topological polar surface area (TPSA) is 96.5 Å². The van der Waals surface area contributed by atoms with Gasteiger partial charge < -0.3 is 20.7 Å². The summed E-state index contributed by atoms with van der Waals surface area (Å²) in [5, 5.41) is 8.91. The smallest absolute Gasteiger partial charge is 0.408 e. The zero-order chi connectivity index (χ0) is 21.8. The first-order chi connectivity index (χ1) is 14.2. The quantitative estimate of drug-likeness (QED) is 0.651. The van der Waals surface area contributed by atoms with Gasteiger partial charge >= 0.3 is 6.09 Å². The summed E-state index contributed by atoms with van der Waals surface area (Å²) in [6, 6.07) is 7.39. The standard InChI is InChI=1S/C23H33N3O4/c1-22(2,3)30-21(29)26-23(12-8-4-5-9-13-23)15-24-20(28)17-14-19(27)25-18-11-7-6-10-16(17)18/h6-7,10-11,17H,4-5,8-9,12-15H2,1-3H3,(H,24,28)(H,25,27)(H,26,29). The highest BCUT2D eigenvalue weighted by molar-refractivity contribution is 6.01. The highest BCUT2D eigenvalue weighted by atomic mass is 16.6. The molecule has 30 heavy (non-hydrogen) atoms. The summed E-state index contributed by atoms with van der Waals surface area (Å²) < 4.78 is 5.47. The zero-order valence-corrected chi connectivity index (χ0v) is 18.2. The molecule has 0 spiro atoms. The molecule has 1 aromatic rings. The Balaban J connectivity index is 1.71. The molecular weight excluding hydrogens is 382 g/mol. The monoisotopic (exact) mass is 415 g/mol. The van der Waals surface area contributed by atoms with Gasteiger partial charge in [-0.1, -0.05) is 43.9 Å². The number of ether oxygens (including phenoxy) is 1. The Morgan fingerprint density at radius 3 is 2.47 bits per heavy atom. The SMILES string of the molecule is CC(C)(C)OC(=O)NC1(CNC(=O)C2CC(=O)Nc3ccccc32)CCCCCC1. The lowest BCUT2D eigenvalue weighted by Gasteiger charge is -2.35. The van der Waals surface area contributed by atoms with Crippen LogP contribution >= 0.6 is 0 Å². The van der Waals surface area contributed by atoms with E-state index in [2.05, 4.69) is 16.0 Å². The van der Waals surface area contributed by atoms with Gasteiger partial charge in [-0.2, -0.15) is 0 Å². The van der Waals surface area contributed by atoms with E-state index in [1.165, 1.54) is 0 Å². The van der Waals surface area contributed by atoms with E-state index in [1.807, 2.05) is 45.0 Å². The van der Waals surface area contributed by atoms with Crippen LogP contribution in [-0.2, 0) is 14.3 Å². The third-order valence-electron chi connectivity index (χ3n) is 5.74. The van der Waals surface area contributed by atoms with Gasteiger partial charge in [-0.3, -0.25) is 9.59 Å². The maximum Gasteiger partial charge on any atom is 0.408 e. The van der Waals surface area contributed by atoms with Gasteiger partial charge in [-0.25, -0.2) is 4.79 Å². The van der Waals surface area contributed by atoms with E-state index in [0.29, 0.717) is 12.2 Å². The number of carbonyl (C=O) groups excluding carboxylic acids is 3. The van der Waals surface area contributed by atoms with Crippen LogP contribution in [0.1, 0.15) is 77.2 Å². The molecule has 1 aliphatic heterocycles. The lowest BCUT2D eigenvalue weighted by atomic mass is 9.87. The Hall–Kier alpha value is -2.57. The summed E-state index contributed by atoms with van der Waals surface area (Å²) in [7, 11) is 0. The van der Waals surface area contributed by atoms with Crippen molar-refractivity contribution in [2.24, 2.45) is 0 Å². The van der Waals surface area contributed by atoms with Gasteiger partial charge in [0.1, 0.15) is 5.60 Å². The Morgan fingerprint density at radius 1 is 1.13 bits per heavy atom. The van der Waals surface area contributed by atoms with E-state index in [-0.39, 0.29) is 18.2 Å². The molecule has 1 fully saturated rings. The first-order valence-corrected chi connectivity index (χ1v) is 10.9. The molecular formula is C23H33N3O4. The molecule has 0 saturated heterocycles. The van der Waals surface area contributed by atoms with Crippen LogP contribution in [0, 0.1) is 0 Å². The summed E-state index contributed by atoms with van der Waals surface area (Å²) in [5.41, 5.74) is 0.387. The molecule has 1 atom stereocenters. The highest BCUT2D eigenvalue weighted by Gasteiger charge is 2.36. The number of hydrogen-bond donors (Lipinski definition) is 3. The Morgan fingerprint density at radius 2 is 1.80 bits per heavy atom. The van der Waals surface area contributed by atoms with Crippen molar-refractivity contribution in [3.05, 3.63) is 29.8 Å². The van der Waals surface area contributed by atoms with E-state index in [4.69, 9.17) is 4.74 Å². The van der Waals surface area contributed by atoms with Crippen LogP contribution in [0.25, 0.3) is 0 Å². The summed E-state index contributed by atoms with van der Waals surface area (Å²) in [6.07, 6.45) is 5.43. The van der Waals surface area contributed by atoms with E-state index < -0.39 is 23.2 Å². The number of alkyl carbamates (subject to hydrolysis) is 1. The number of para-hydroxylation sites is 1. The maximum absolute atomic E-state index is 13.1. The van der Waals surface area contributed by atoms with Crippen molar-refractivity contribution in [3.8, 4) is 0 Å². The Labute approximate surface area is 178 Å². The largest absolute Gasteiger partial charge is 0.444 e. The molecule has 0 aromatic heterocycles. The second kappa shape index (κ2) is 9.06. The number of hydrogen-bond acceptors (Lipinski definition) is 4. The molecule has 1 aliphatic carbocycles. The van der Waals surface area contributed by atoms with Crippen molar-refractivity contribution >= 4 is 23.6 Å². The average Bonchev–Trinajstić information content (AvgIpc) is 2.89. The maximum atomic E-state index is 13.1. The van der Waals surface area contributed by atoms with E-state index in [1.54, 1.807) is 0 Å². The summed E-state index contributed by atoms with van der Waals surface area (Å²) in [5.74, 6) is -0.879. The van der Waals surface area contributed by atoms with Gasteiger partial charge in [0, 0.05) is 18.7 Å². The Kier molecular flexibility index (Phi) is 6.68. The van der Waals surface area contributed by atoms with Crippen LogP contribution in [0.15, 0.2) is 24.3 Å². The van der Waals surface area contributed by atoms with E-state index in [9.17, 15) is 14.4 Å². The number of rotatable bonds is 4. The van der Waals surface area contributed by atoms with Crippen molar-refractivity contribution in [1.82, 2.24) is 10.6 Å². The molecule has 164 valence electrons. The summed E-state index contributed by atoms with van der Waals surface area (Å²) in [4.78, 5) is 37.6. The van der Waals surface area contributed by atoms with E-state index in [0.717, 1.165) is 44.1 Å². The van der Waals surface area contributed by atoms with Crippen LogP contribution in [0.5, 0.6) is 0 Å². The minimum atomic E-state index is -0.585. The fraction of sp³-hybridized carbons (Fsp3) is 0.609. The molecule has 3 N–H and O–H groups in total. The first kappa shape index (κ1) is 22.1. The van der Waals surface area contributed by atoms with Crippen LogP contribution in [0.4, 0.5) is 10.5 Å². The molecule has 1 aromatic carbocycles. The molecule has 1 saturated carbocycles. The lowest BCUT2D eigenvalue weighted by Crippen LogP contribution is -2.56. The normalized spacial score (nSPS) is 20.9. The fourth-order valence-corrected chi connectivity index (χ4v) is 4.30. The molecule has 1 heterocycles. The van der Waals surface area contributed by atoms with Crippen LogP contribution < -0.4 is 16.0 Å². The first-order valence-electron chi connectivity index (χ1n) is 10.9. The predicted molar refractivity (Wildman–Crippen MR) is 115 cm³/mol. The molecule has 3 amide bonds. The minimum absolute atomic E-state index is 0.120. The number of nitrogens with one attached hydrogen (secondary N) is 3. The van der Waals surface area contributed by atoms with Gasteiger partial charge in [-0.15, -0.1) is 0 Å². The number of carbonyl (C=O) groups is 3. The second-order valence-corrected chi connectivity index (χ2v) is 9.43. The van der Waals surface area contributed by atoms with Crippen molar-refractivity contribution < 1.29 is 19.1 Å². The van der Waals surface area contributed by atoms with Crippen LogP contribution in [0.2, 0.25) is 0 Å². The predicted octanol–water partition coefficient (Wildman–Crippen LogP) is 3.85. The van der Waals surface area contributed by atoms with Crippen molar-refractivity contribution in [2.45, 2.75) is 82.8 Å². The van der Waals surface area contributed by atoms with Crippen molar-refractivity contribution in [2.75, 3.05) is 11.9 Å². The number of benzene rings is 1. The molecule has 7 nitrogen and oxygen atoms in total. The van der Waals surface area contributed by atoms with Crippen molar-refractivity contribution in [1.29, 1.82) is 0 Å². The third kappa shape index (κ3) is 5.74. The number of fused-ring (bicyclic) bond motifs is 1. The average molecular weight is 416 g/mol. The minimum Gasteiger partial charge on any atom is -0.444 e. The lowest BCUT2D eigenvalue weighted by molar-refractivity contribution is -0.126. The van der Waals surface area contributed by atoms with Crippen LogP contribution in [0.3, 0.4) is 0 Å². The molecule has 0 radical (unpaired) electrons. The number of anilines is 1. The molecule has 3 rings (SSSR count). The fourth-order valence-electron chi connectivity index (χ4n) is 4.30. The van der Waals surface area contributed by atoms with Crippen molar-refractivity contribution in [3.63, 3.8) is 0 Å². The summed E-state index contributed by atoms with van der Waals surface area (Å²) in [6.45, 7) is 5.82. The van der Waals surface area contributed by atoms with Gasteiger partial charge in [0.25, 0.3) is 0 Å². The zero-order valence-electron chi connectivity index (χ0n) is 18.2. The highest BCUT2D eigenvalue weighted by Crippen LogP contribution is 2.33. The number of amides is 3. The Bertz CT molecular complexity index is 792. The molecule has 1 unspecified atom stereocenters.